The summed E-state index contributed by atoms with van der Waals surface area (Å²) in [4.78, 5) is 39.8. The molecule has 0 aromatic carbocycles. The Kier molecular flexibility index (Phi) is 3.08. The van der Waals surface area contributed by atoms with Crippen molar-refractivity contribution in [3.63, 3.8) is 0 Å². The van der Waals surface area contributed by atoms with Gasteiger partial charge < -0.3 is 0 Å². The van der Waals surface area contributed by atoms with Crippen molar-refractivity contribution in [1.29, 1.82) is 0 Å². The Balaban J connectivity index is 1.72. The van der Waals surface area contributed by atoms with E-state index in [1.807, 2.05) is 14.0 Å². The van der Waals surface area contributed by atoms with E-state index >= 15 is 0 Å². The summed E-state index contributed by atoms with van der Waals surface area (Å²) in [6.07, 6.45) is 4.37. The topological polar surface area (TPSA) is 69.7 Å². The molecular formula is C14H21N3O3. The highest BCUT2D eigenvalue weighted by Crippen LogP contribution is 2.44. The summed E-state index contributed by atoms with van der Waals surface area (Å²) in [5, 5.41) is 2.35. The van der Waals surface area contributed by atoms with Gasteiger partial charge in [0.2, 0.25) is 11.8 Å². The first-order chi connectivity index (χ1) is 9.45. The second-order valence-corrected chi connectivity index (χ2v) is 6.36. The van der Waals surface area contributed by atoms with Crippen LogP contribution in [-0.2, 0) is 9.59 Å². The molecule has 0 aromatic heterocycles. The fourth-order valence-electron chi connectivity index (χ4n) is 3.10. The lowest BCUT2D eigenvalue weighted by atomic mass is 9.66. The third kappa shape index (κ3) is 1.93. The van der Waals surface area contributed by atoms with Gasteiger partial charge in [0.25, 0.3) is 0 Å². The van der Waals surface area contributed by atoms with E-state index in [-0.39, 0.29) is 11.9 Å². The van der Waals surface area contributed by atoms with Crippen LogP contribution in [0.15, 0.2) is 0 Å². The zero-order valence-electron chi connectivity index (χ0n) is 12.0. The number of hydrogen-bond donors (Lipinski definition) is 1. The minimum absolute atomic E-state index is 0.113. The molecular weight excluding hydrogens is 258 g/mol. The number of amides is 4. The van der Waals surface area contributed by atoms with Crippen LogP contribution in [0.25, 0.3) is 0 Å². The van der Waals surface area contributed by atoms with Crippen molar-refractivity contribution in [1.82, 2.24) is 15.1 Å². The normalized spacial score (nSPS) is 26.8. The van der Waals surface area contributed by atoms with Gasteiger partial charge in [0.1, 0.15) is 5.41 Å². The predicted molar refractivity (Wildman–Crippen MR) is 71.8 cm³/mol. The van der Waals surface area contributed by atoms with Crippen molar-refractivity contribution in [2.45, 2.75) is 51.1 Å². The number of likely N-dealkylation sites (N-methyl/N-ethyl adjacent to an activating group) is 1. The number of rotatable bonds is 4. The number of urea groups is 1. The standard InChI is InChI=1S/C14H21N3O3/c1-9(16(2)10-4-5-10)8-17-12(19)14(6-3-7-14)11(18)15-13(17)20/h9-10H,3-8H2,1-2H3,(H,15,18,20). The quantitative estimate of drug-likeness (QED) is 0.770. The first kappa shape index (κ1) is 13.5. The average molecular weight is 279 g/mol. The van der Waals surface area contributed by atoms with E-state index in [0.717, 1.165) is 6.42 Å². The van der Waals surface area contributed by atoms with E-state index < -0.39 is 17.4 Å². The van der Waals surface area contributed by atoms with Crippen LogP contribution < -0.4 is 5.32 Å². The lowest BCUT2D eigenvalue weighted by molar-refractivity contribution is -0.158. The predicted octanol–water partition coefficient (Wildman–Crippen LogP) is 0.718. The smallest absolute Gasteiger partial charge is 0.299 e. The van der Waals surface area contributed by atoms with Crippen LogP contribution in [0.4, 0.5) is 4.79 Å². The molecule has 1 aliphatic heterocycles. The Hall–Kier alpha value is -1.43. The Morgan fingerprint density at radius 3 is 2.50 bits per heavy atom. The second-order valence-electron chi connectivity index (χ2n) is 6.36. The molecule has 2 saturated carbocycles. The van der Waals surface area contributed by atoms with E-state index in [4.69, 9.17) is 0 Å². The zero-order chi connectivity index (χ0) is 14.5. The summed E-state index contributed by atoms with van der Waals surface area (Å²) in [6, 6.07) is 0.128. The summed E-state index contributed by atoms with van der Waals surface area (Å²) < 4.78 is 0. The first-order valence-corrected chi connectivity index (χ1v) is 7.35. The highest BCUT2D eigenvalue weighted by Gasteiger charge is 2.57. The minimum Gasteiger partial charge on any atom is -0.299 e. The molecule has 3 fully saturated rings. The van der Waals surface area contributed by atoms with Gasteiger partial charge in [-0.1, -0.05) is 6.42 Å². The molecule has 4 amide bonds. The van der Waals surface area contributed by atoms with Gasteiger partial charge in [-0.3, -0.25) is 24.7 Å². The summed E-state index contributed by atoms with van der Waals surface area (Å²) in [7, 11) is 2.03. The van der Waals surface area contributed by atoms with Crippen LogP contribution in [0.2, 0.25) is 0 Å². The number of barbiturate groups is 1. The molecule has 1 heterocycles. The summed E-state index contributed by atoms with van der Waals surface area (Å²) in [5.41, 5.74) is -0.953. The maximum absolute atomic E-state index is 12.5. The van der Waals surface area contributed by atoms with E-state index in [9.17, 15) is 14.4 Å². The third-order valence-electron chi connectivity index (χ3n) is 5.03. The van der Waals surface area contributed by atoms with Crippen LogP contribution in [-0.4, -0.2) is 53.3 Å². The maximum Gasteiger partial charge on any atom is 0.330 e. The Bertz CT molecular complexity index is 468. The van der Waals surface area contributed by atoms with Gasteiger partial charge in [-0.15, -0.1) is 0 Å². The monoisotopic (exact) mass is 279 g/mol. The maximum atomic E-state index is 12.5. The van der Waals surface area contributed by atoms with Crippen molar-refractivity contribution in [3.8, 4) is 0 Å². The fourth-order valence-corrected chi connectivity index (χ4v) is 3.10. The molecule has 6 nitrogen and oxygen atoms in total. The Morgan fingerprint density at radius 2 is 2.00 bits per heavy atom. The number of nitrogens with one attached hydrogen (secondary N) is 1. The van der Waals surface area contributed by atoms with E-state index in [1.165, 1.54) is 17.7 Å². The minimum atomic E-state index is -0.953. The van der Waals surface area contributed by atoms with E-state index in [0.29, 0.717) is 25.4 Å². The van der Waals surface area contributed by atoms with Crippen LogP contribution in [0.1, 0.15) is 39.0 Å². The van der Waals surface area contributed by atoms with Crippen molar-refractivity contribution in [2.24, 2.45) is 5.41 Å². The lowest BCUT2D eigenvalue weighted by Crippen LogP contribution is -2.67. The number of carbonyl (C=O) groups is 3. The fraction of sp³-hybridized carbons (Fsp3) is 0.786. The van der Waals surface area contributed by atoms with Gasteiger partial charge in [-0.05, 0) is 39.7 Å². The van der Waals surface area contributed by atoms with Crippen LogP contribution in [0.5, 0.6) is 0 Å². The van der Waals surface area contributed by atoms with Crippen molar-refractivity contribution >= 4 is 17.8 Å². The summed E-state index contributed by atoms with van der Waals surface area (Å²) >= 11 is 0. The molecule has 3 aliphatic rings. The molecule has 1 atom stereocenters. The van der Waals surface area contributed by atoms with Crippen molar-refractivity contribution in [3.05, 3.63) is 0 Å². The van der Waals surface area contributed by atoms with Crippen LogP contribution in [0, 0.1) is 5.41 Å². The number of carbonyl (C=O) groups excluding carboxylic acids is 3. The van der Waals surface area contributed by atoms with E-state index in [1.54, 1.807) is 0 Å². The number of hydrogen-bond acceptors (Lipinski definition) is 4. The number of imide groups is 2. The molecule has 0 bridgehead atoms. The molecule has 1 unspecified atom stereocenters. The Labute approximate surface area is 118 Å². The van der Waals surface area contributed by atoms with E-state index in [2.05, 4.69) is 10.2 Å². The molecule has 6 heteroatoms. The molecule has 0 aromatic rings. The van der Waals surface area contributed by atoms with Crippen LogP contribution in [0.3, 0.4) is 0 Å². The van der Waals surface area contributed by atoms with Gasteiger partial charge in [-0.2, -0.15) is 0 Å². The molecule has 0 radical (unpaired) electrons. The van der Waals surface area contributed by atoms with Crippen molar-refractivity contribution < 1.29 is 14.4 Å². The Morgan fingerprint density at radius 1 is 1.35 bits per heavy atom. The van der Waals surface area contributed by atoms with Gasteiger partial charge in [0, 0.05) is 18.6 Å². The average Bonchev–Trinajstić information content (AvgIpc) is 3.15. The molecule has 1 saturated heterocycles. The molecule has 1 spiro atoms. The lowest BCUT2D eigenvalue weighted by Gasteiger charge is -2.45. The second kappa shape index (κ2) is 4.55. The molecule has 20 heavy (non-hydrogen) atoms. The highest BCUT2D eigenvalue weighted by molar-refractivity contribution is 6.19. The first-order valence-electron chi connectivity index (χ1n) is 7.35. The summed E-state index contributed by atoms with van der Waals surface area (Å²) in [5.74, 6) is -0.702. The number of nitrogens with zero attached hydrogens (tertiary/aromatic N) is 2. The van der Waals surface area contributed by atoms with Gasteiger partial charge in [-0.25, -0.2) is 4.79 Å². The molecule has 3 rings (SSSR count). The SMILES string of the molecule is CC(CN1C(=O)NC(=O)C2(CCC2)C1=O)N(C)C1CC1. The van der Waals surface area contributed by atoms with Gasteiger partial charge in [0.05, 0.1) is 0 Å². The van der Waals surface area contributed by atoms with Crippen molar-refractivity contribution in [2.75, 3.05) is 13.6 Å². The molecule has 2 aliphatic carbocycles. The zero-order valence-corrected chi connectivity index (χ0v) is 12.0. The molecule has 110 valence electrons. The van der Waals surface area contributed by atoms with Crippen LogP contribution >= 0.6 is 0 Å². The highest BCUT2D eigenvalue weighted by atomic mass is 16.2. The van der Waals surface area contributed by atoms with Gasteiger partial charge in [0.15, 0.2) is 0 Å². The van der Waals surface area contributed by atoms with Gasteiger partial charge >= 0.3 is 6.03 Å². The molecule has 1 N–H and O–H groups in total. The largest absolute Gasteiger partial charge is 0.330 e. The third-order valence-corrected chi connectivity index (χ3v) is 5.03. The summed E-state index contributed by atoms with van der Waals surface area (Å²) in [6.45, 7) is 2.37.